The van der Waals surface area contributed by atoms with E-state index in [9.17, 15) is 14.9 Å². The van der Waals surface area contributed by atoms with Gasteiger partial charge in [-0.05, 0) is 52.7 Å². The van der Waals surface area contributed by atoms with E-state index in [2.05, 4.69) is 21.2 Å². The molecule has 0 spiro atoms. The lowest BCUT2D eigenvalue weighted by Crippen LogP contribution is -2.26. The van der Waals surface area contributed by atoms with Crippen LogP contribution >= 0.6 is 27.5 Å². The van der Waals surface area contributed by atoms with Crippen molar-refractivity contribution < 1.29 is 9.72 Å². The number of carbonyl (C=O) groups is 1. The van der Waals surface area contributed by atoms with Crippen LogP contribution in [-0.2, 0) is 0 Å². The SMILES string of the molecule is CC(NC(=O)c1ccc(Br)c([N+](=O)[O-])c1)c1cccc(Cl)c1. The van der Waals surface area contributed by atoms with E-state index in [4.69, 9.17) is 11.6 Å². The Morgan fingerprint density at radius 3 is 2.68 bits per heavy atom. The van der Waals surface area contributed by atoms with Gasteiger partial charge in [0.25, 0.3) is 11.6 Å². The lowest BCUT2D eigenvalue weighted by Gasteiger charge is -2.14. The van der Waals surface area contributed by atoms with Crippen molar-refractivity contribution in [2.24, 2.45) is 0 Å². The predicted octanol–water partition coefficient (Wildman–Crippen LogP) is 4.50. The summed E-state index contributed by atoms with van der Waals surface area (Å²) in [5.41, 5.74) is 0.930. The summed E-state index contributed by atoms with van der Waals surface area (Å²) < 4.78 is 0.330. The predicted molar refractivity (Wildman–Crippen MR) is 88.1 cm³/mol. The number of nitrogens with zero attached hydrogens (tertiary/aromatic N) is 1. The third-order valence-electron chi connectivity index (χ3n) is 3.10. The van der Waals surface area contributed by atoms with E-state index in [0.29, 0.717) is 9.50 Å². The molecule has 0 radical (unpaired) electrons. The van der Waals surface area contributed by atoms with Gasteiger partial charge in [-0.2, -0.15) is 0 Å². The van der Waals surface area contributed by atoms with Crippen LogP contribution in [0.5, 0.6) is 0 Å². The lowest BCUT2D eigenvalue weighted by molar-refractivity contribution is -0.385. The van der Waals surface area contributed by atoms with Crippen molar-refractivity contribution in [3.63, 3.8) is 0 Å². The normalized spacial score (nSPS) is 11.8. The maximum absolute atomic E-state index is 12.2. The van der Waals surface area contributed by atoms with Crippen molar-refractivity contribution in [1.29, 1.82) is 0 Å². The summed E-state index contributed by atoms with van der Waals surface area (Å²) in [6, 6.07) is 11.1. The highest BCUT2D eigenvalue weighted by Gasteiger charge is 2.17. The van der Waals surface area contributed by atoms with Crippen LogP contribution in [0, 0.1) is 10.1 Å². The van der Waals surface area contributed by atoms with Crippen molar-refractivity contribution in [3.8, 4) is 0 Å². The Hall–Kier alpha value is -1.92. The van der Waals surface area contributed by atoms with Crippen molar-refractivity contribution in [1.82, 2.24) is 5.32 Å². The van der Waals surface area contributed by atoms with Gasteiger partial charge in [0.2, 0.25) is 0 Å². The number of halogens is 2. The van der Waals surface area contributed by atoms with E-state index in [0.717, 1.165) is 5.56 Å². The minimum Gasteiger partial charge on any atom is -0.346 e. The van der Waals surface area contributed by atoms with E-state index in [-0.39, 0.29) is 23.2 Å². The fourth-order valence-electron chi connectivity index (χ4n) is 1.93. The molecule has 0 saturated heterocycles. The third kappa shape index (κ3) is 3.84. The lowest BCUT2D eigenvalue weighted by atomic mass is 10.1. The third-order valence-corrected chi connectivity index (χ3v) is 4.01. The minimum atomic E-state index is -0.540. The molecular weight excluding hydrogens is 372 g/mol. The van der Waals surface area contributed by atoms with E-state index in [1.807, 2.05) is 13.0 Å². The first-order valence-electron chi connectivity index (χ1n) is 6.38. The standard InChI is InChI=1S/C15H12BrClN2O3/c1-9(10-3-2-4-12(17)7-10)18-15(20)11-5-6-13(16)14(8-11)19(21)22/h2-9H,1H3,(H,18,20). The number of nitro groups is 1. The van der Waals surface area contributed by atoms with Crippen LogP contribution in [0.2, 0.25) is 5.02 Å². The maximum atomic E-state index is 12.2. The second-order valence-electron chi connectivity index (χ2n) is 4.67. The molecule has 0 saturated carbocycles. The Morgan fingerprint density at radius 2 is 2.05 bits per heavy atom. The summed E-state index contributed by atoms with van der Waals surface area (Å²) in [6.45, 7) is 1.82. The van der Waals surface area contributed by atoms with Gasteiger partial charge in [-0.3, -0.25) is 14.9 Å². The first-order valence-corrected chi connectivity index (χ1v) is 7.56. The molecule has 0 aliphatic heterocycles. The second kappa shape index (κ2) is 6.89. The summed E-state index contributed by atoms with van der Waals surface area (Å²) in [7, 11) is 0. The number of hydrogen-bond acceptors (Lipinski definition) is 3. The molecule has 7 heteroatoms. The Morgan fingerprint density at radius 1 is 1.32 bits per heavy atom. The first-order chi connectivity index (χ1) is 10.4. The molecule has 114 valence electrons. The molecular formula is C15H12BrClN2O3. The van der Waals surface area contributed by atoms with Crippen LogP contribution in [0.3, 0.4) is 0 Å². The summed E-state index contributed by atoms with van der Waals surface area (Å²) in [5, 5.41) is 14.3. The topological polar surface area (TPSA) is 72.2 Å². The number of nitro benzene ring substituents is 1. The van der Waals surface area contributed by atoms with E-state index < -0.39 is 4.92 Å². The number of carbonyl (C=O) groups excluding carboxylic acids is 1. The van der Waals surface area contributed by atoms with Crippen molar-refractivity contribution in [2.45, 2.75) is 13.0 Å². The van der Waals surface area contributed by atoms with Gasteiger partial charge in [0.05, 0.1) is 15.4 Å². The smallest absolute Gasteiger partial charge is 0.284 e. The minimum absolute atomic E-state index is 0.150. The molecule has 1 N–H and O–H groups in total. The molecule has 2 aromatic rings. The van der Waals surface area contributed by atoms with Crippen LogP contribution < -0.4 is 5.32 Å². The zero-order valence-corrected chi connectivity index (χ0v) is 13.9. The highest BCUT2D eigenvalue weighted by molar-refractivity contribution is 9.10. The van der Waals surface area contributed by atoms with Crippen molar-refractivity contribution in [3.05, 3.63) is 73.2 Å². The molecule has 5 nitrogen and oxygen atoms in total. The van der Waals surface area contributed by atoms with E-state index in [1.165, 1.54) is 18.2 Å². The average molecular weight is 384 g/mol. The second-order valence-corrected chi connectivity index (χ2v) is 5.96. The van der Waals surface area contributed by atoms with Crippen LogP contribution in [-0.4, -0.2) is 10.8 Å². The summed E-state index contributed by atoms with van der Waals surface area (Å²) in [6.07, 6.45) is 0. The van der Waals surface area contributed by atoms with Gasteiger partial charge < -0.3 is 5.32 Å². The monoisotopic (exact) mass is 382 g/mol. The molecule has 0 bridgehead atoms. The highest BCUT2D eigenvalue weighted by atomic mass is 79.9. The van der Waals surface area contributed by atoms with Crippen LogP contribution in [0.4, 0.5) is 5.69 Å². The molecule has 22 heavy (non-hydrogen) atoms. The molecule has 2 rings (SSSR count). The largest absolute Gasteiger partial charge is 0.346 e. The number of amides is 1. The Kier molecular flexibility index (Phi) is 5.15. The van der Waals surface area contributed by atoms with Gasteiger partial charge in [-0.25, -0.2) is 0 Å². The number of nitrogens with one attached hydrogen (secondary N) is 1. The average Bonchev–Trinajstić information content (AvgIpc) is 2.47. The summed E-state index contributed by atoms with van der Waals surface area (Å²) in [4.78, 5) is 22.6. The molecule has 0 fully saturated rings. The summed E-state index contributed by atoms with van der Waals surface area (Å²) in [5.74, 6) is -0.386. The molecule has 1 atom stereocenters. The van der Waals surface area contributed by atoms with Gasteiger partial charge in [-0.1, -0.05) is 23.7 Å². The van der Waals surface area contributed by atoms with Gasteiger partial charge in [0.1, 0.15) is 0 Å². The molecule has 0 aromatic heterocycles. The number of rotatable bonds is 4. The van der Waals surface area contributed by atoms with Gasteiger partial charge in [-0.15, -0.1) is 0 Å². The Labute approximate surface area is 140 Å². The zero-order chi connectivity index (χ0) is 16.3. The van der Waals surface area contributed by atoms with Gasteiger partial charge in [0, 0.05) is 16.7 Å². The highest BCUT2D eigenvalue weighted by Crippen LogP contribution is 2.26. The molecule has 2 aromatic carbocycles. The van der Waals surface area contributed by atoms with Crippen molar-refractivity contribution in [2.75, 3.05) is 0 Å². The molecule has 0 heterocycles. The van der Waals surface area contributed by atoms with Crippen LogP contribution in [0.25, 0.3) is 0 Å². The number of benzene rings is 2. The molecule has 1 unspecified atom stereocenters. The van der Waals surface area contributed by atoms with Crippen LogP contribution in [0.1, 0.15) is 28.9 Å². The molecule has 0 aliphatic carbocycles. The Balaban J connectivity index is 2.19. The summed E-state index contributed by atoms with van der Waals surface area (Å²) >= 11 is 9.01. The quantitative estimate of drug-likeness (QED) is 0.624. The van der Waals surface area contributed by atoms with E-state index >= 15 is 0 Å². The van der Waals surface area contributed by atoms with E-state index in [1.54, 1.807) is 18.2 Å². The zero-order valence-electron chi connectivity index (χ0n) is 11.5. The molecule has 1 amide bonds. The number of hydrogen-bond donors (Lipinski definition) is 1. The van der Waals surface area contributed by atoms with Gasteiger partial charge >= 0.3 is 0 Å². The fourth-order valence-corrected chi connectivity index (χ4v) is 2.52. The van der Waals surface area contributed by atoms with Gasteiger partial charge in [0.15, 0.2) is 0 Å². The Bertz CT molecular complexity index is 736. The molecule has 0 aliphatic rings. The van der Waals surface area contributed by atoms with Crippen molar-refractivity contribution >= 4 is 39.1 Å². The van der Waals surface area contributed by atoms with Crippen LogP contribution in [0.15, 0.2) is 46.9 Å². The first kappa shape index (κ1) is 16.5. The fraction of sp³-hybridized carbons (Fsp3) is 0.133. The maximum Gasteiger partial charge on any atom is 0.284 e.